The van der Waals surface area contributed by atoms with E-state index in [2.05, 4.69) is 43.0 Å². The number of hydrogen-bond donors (Lipinski definition) is 2. The van der Waals surface area contributed by atoms with Crippen LogP contribution in [0, 0.1) is 25.2 Å². The fraction of sp³-hybridized carbons (Fsp3) is 0.421. The lowest BCUT2D eigenvalue weighted by Gasteiger charge is -2.22. The Kier molecular flexibility index (Phi) is 6.75. The lowest BCUT2D eigenvalue weighted by atomic mass is 9.85. The highest BCUT2D eigenvalue weighted by atomic mass is 16.5. The summed E-state index contributed by atoms with van der Waals surface area (Å²) >= 11 is 0. The average Bonchev–Trinajstić information content (AvgIpc) is 2.49. The van der Waals surface area contributed by atoms with Crippen LogP contribution in [0.25, 0.3) is 0 Å². The lowest BCUT2D eigenvalue weighted by molar-refractivity contribution is -0.116. The Morgan fingerprint density at radius 3 is 2.24 bits per heavy atom. The van der Waals surface area contributed by atoms with Gasteiger partial charge >= 0.3 is 6.09 Å². The zero-order chi connectivity index (χ0) is 19.2. The van der Waals surface area contributed by atoms with Crippen molar-refractivity contribution < 1.29 is 14.3 Å². The van der Waals surface area contributed by atoms with Crippen molar-refractivity contribution in [1.82, 2.24) is 5.32 Å². The van der Waals surface area contributed by atoms with Crippen LogP contribution in [0.2, 0.25) is 0 Å². The Bertz CT molecular complexity index is 714. The molecule has 0 aromatic heterocycles. The van der Waals surface area contributed by atoms with Crippen molar-refractivity contribution in [3.05, 3.63) is 40.6 Å². The van der Waals surface area contributed by atoms with Gasteiger partial charge in [-0.05, 0) is 42.9 Å². The minimum atomic E-state index is -0.879. The first-order valence-corrected chi connectivity index (χ1v) is 8.06. The van der Waals surface area contributed by atoms with Gasteiger partial charge in [0.05, 0.1) is 6.61 Å². The van der Waals surface area contributed by atoms with E-state index >= 15 is 0 Å². The molecule has 0 saturated heterocycles. The van der Waals surface area contributed by atoms with Crippen LogP contribution in [0.15, 0.2) is 23.9 Å². The molecule has 1 rings (SSSR count). The molecule has 0 radical (unpaired) electrons. The van der Waals surface area contributed by atoms with Crippen LogP contribution in [0.5, 0.6) is 0 Å². The Labute approximate surface area is 148 Å². The summed E-state index contributed by atoms with van der Waals surface area (Å²) < 4.78 is 4.63. The van der Waals surface area contributed by atoms with Gasteiger partial charge in [0.25, 0.3) is 5.91 Å². The van der Waals surface area contributed by atoms with E-state index in [0.29, 0.717) is 0 Å². The van der Waals surface area contributed by atoms with Crippen LogP contribution in [-0.4, -0.2) is 18.6 Å². The van der Waals surface area contributed by atoms with E-state index in [0.717, 1.165) is 16.8 Å². The molecule has 0 fully saturated rings. The molecule has 134 valence electrons. The van der Waals surface area contributed by atoms with Gasteiger partial charge in [0.1, 0.15) is 11.6 Å². The number of alkyl carbamates (subject to hydrolysis) is 1. The summed E-state index contributed by atoms with van der Waals surface area (Å²) in [6, 6.07) is 5.93. The summed E-state index contributed by atoms with van der Waals surface area (Å²) in [5.41, 5.74) is 3.85. The summed E-state index contributed by atoms with van der Waals surface area (Å²) in [6.45, 7) is 12.1. The van der Waals surface area contributed by atoms with Gasteiger partial charge in [-0.3, -0.25) is 10.1 Å². The molecule has 0 atom stereocenters. The van der Waals surface area contributed by atoms with Gasteiger partial charge in [0.15, 0.2) is 0 Å². The Balaban J connectivity index is 3.01. The summed E-state index contributed by atoms with van der Waals surface area (Å²) in [7, 11) is 0. The number of carbonyl (C=O) groups excluding carboxylic acids is 2. The molecule has 2 amide bonds. The summed E-state index contributed by atoms with van der Waals surface area (Å²) in [5.74, 6) is -0.810. The van der Waals surface area contributed by atoms with Crippen molar-refractivity contribution >= 4 is 17.7 Å². The first-order valence-electron chi connectivity index (χ1n) is 8.06. The van der Waals surface area contributed by atoms with E-state index < -0.39 is 12.0 Å². The number of carbonyl (C=O) groups is 2. The first kappa shape index (κ1) is 20.2. The molecule has 6 heteroatoms. The van der Waals surface area contributed by atoms with E-state index in [4.69, 9.17) is 5.26 Å². The number of amides is 2. The molecule has 0 aliphatic heterocycles. The molecule has 0 aliphatic carbocycles. The Hall–Kier alpha value is -2.81. The van der Waals surface area contributed by atoms with E-state index in [1.165, 1.54) is 11.8 Å². The Morgan fingerprint density at radius 2 is 1.80 bits per heavy atom. The molecule has 0 aliphatic rings. The highest BCUT2D eigenvalue weighted by Gasteiger charge is 2.17. The molecule has 25 heavy (non-hydrogen) atoms. The van der Waals surface area contributed by atoms with Gasteiger partial charge in [-0.25, -0.2) is 4.79 Å². The summed E-state index contributed by atoms with van der Waals surface area (Å²) in [5, 5.41) is 14.1. The van der Waals surface area contributed by atoms with Gasteiger partial charge in [-0.1, -0.05) is 32.9 Å². The molecule has 0 unspecified atom stereocenters. The molecule has 0 spiro atoms. The number of nitrogens with zero attached hydrogens (tertiary/aromatic N) is 1. The molecule has 1 aromatic rings. The number of ether oxygens (including phenoxy) is 1. The second kappa shape index (κ2) is 8.34. The smallest absolute Gasteiger partial charge is 0.414 e. The van der Waals surface area contributed by atoms with Crippen molar-refractivity contribution in [3.63, 3.8) is 0 Å². The maximum absolute atomic E-state index is 11.9. The minimum Gasteiger partial charge on any atom is -0.450 e. The largest absolute Gasteiger partial charge is 0.450 e. The van der Waals surface area contributed by atoms with E-state index in [1.807, 2.05) is 19.2 Å². The minimum absolute atomic E-state index is 0.0290. The predicted octanol–water partition coefficient (Wildman–Crippen LogP) is 3.69. The standard InChI is InChI=1S/C19H25N3O3/c1-7-25-18(24)22-17(23)14(10-20)11-21-16-12(2)8-15(9-13(16)3)19(4,5)6/h8-9,11,21H,7H2,1-6H3,(H,22,23,24)/b14-11-. The number of anilines is 1. The monoisotopic (exact) mass is 343 g/mol. The average molecular weight is 343 g/mol. The van der Waals surface area contributed by atoms with Gasteiger partial charge < -0.3 is 10.1 Å². The van der Waals surface area contributed by atoms with Crippen molar-refractivity contribution in [1.29, 1.82) is 5.26 Å². The van der Waals surface area contributed by atoms with Crippen LogP contribution in [0.3, 0.4) is 0 Å². The zero-order valence-electron chi connectivity index (χ0n) is 15.6. The zero-order valence-corrected chi connectivity index (χ0v) is 15.6. The topological polar surface area (TPSA) is 91.2 Å². The third-order valence-corrected chi connectivity index (χ3v) is 3.62. The van der Waals surface area contributed by atoms with Crippen molar-refractivity contribution in [2.24, 2.45) is 0 Å². The maximum atomic E-state index is 11.9. The number of benzene rings is 1. The quantitative estimate of drug-likeness (QED) is 0.642. The second-order valence-electron chi connectivity index (χ2n) is 6.72. The molecular weight excluding hydrogens is 318 g/mol. The van der Waals surface area contributed by atoms with Crippen LogP contribution in [0.4, 0.5) is 10.5 Å². The molecule has 0 heterocycles. The van der Waals surface area contributed by atoms with Crippen molar-refractivity contribution in [2.75, 3.05) is 11.9 Å². The third-order valence-electron chi connectivity index (χ3n) is 3.62. The van der Waals surface area contributed by atoms with Crippen LogP contribution in [-0.2, 0) is 14.9 Å². The highest BCUT2D eigenvalue weighted by Crippen LogP contribution is 2.29. The number of hydrogen-bond acceptors (Lipinski definition) is 5. The Morgan fingerprint density at radius 1 is 1.24 bits per heavy atom. The SMILES string of the molecule is CCOC(=O)NC(=O)/C(C#N)=C\Nc1c(C)cc(C(C)(C)C)cc1C. The molecule has 0 saturated carbocycles. The predicted molar refractivity (Wildman–Crippen MR) is 97.1 cm³/mol. The van der Waals surface area contributed by atoms with Crippen molar-refractivity contribution in [3.8, 4) is 6.07 Å². The number of imide groups is 1. The molecule has 1 aromatic carbocycles. The summed E-state index contributed by atoms with van der Waals surface area (Å²) in [6.07, 6.45) is 0.413. The number of nitriles is 1. The normalized spacial score (nSPS) is 11.5. The van der Waals surface area contributed by atoms with E-state index in [-0.39, 0.29) is 17.6 Å². The van der Waals surface area contributed by atoms with Gasteiger partial charge in [-0.15, -0.1) is 0 Å². The fourth-order valence-corrected chi connectivity index (χ4v) is 2.24. The van der Waals surface area contributed by atoms with E-state index in [1.54, 1.807) is 13.0 Å². The third kappa shape index (κ3) is 5.64. The maximum Gasteiger partial charge on any atom is 0.414 e. The highest BCUT2D eigenvalue weighted by molar-refractivity contribution is 6.05. The molecular formula is C19H25N3O3. The summed E-state index contributed by atoms with van der Waals surface area (Å²) in [4.78, 5) is 23.2. The van der Waals surface area contributed by atoms with Crippen LogP contribution < -0.4 is 10.6 Å². The lowest BCUT2D eigenvalue weighted by Crippen LogP contribution is -2.32. The number of nitrogens with one attached hydrogen (secondary N) is 2. The van der Waals surface area contributed by atoms with Crippen molar-refractivity contribution in [2.45, 2.75) is 47.0 Å². The second-order valence-corrected chi connectivity index (χ2v) is 6.72. The van der Waals surface area contributed by atoms with Gasteiger partial charge in [0, 0.05) is 11.9 Å². The first-order chi connectivity index (χ1) is 11.6. The number of aryl methyl sites for hydroxylation is 2. The van der Waals surface area contributed by atoms with Gasteiger partial charge in [0.2, 0.25) is 0 Å². The molecule has 6 nitrogen and oxygen atoms in total. The number of rotatable bonds is 4. The van der Waals surface area contributed by atoms with Crippen LogP contribution >= 0.6 is 0 Å². The van der Waals surface area contributed by atoms with E-state index in [9.17, 15) is 9.59 Å². The van der Waals surface area contributed by atoms with Crippen LogP contribution in [0.1, 0.15) is 44.4 Å². The molecule has 2 N–H and O–H groups in total. The molecule has 0 bridgehead atoms. The van der Waals surface area contributed by atoms with Gasteiger partial charge in [-0.2, -0.15) is 5.26 Å². The fourth-order valence-electron chi connectivity index (χ4n) is 2.24.